The molecule has 0 radical (unpaired) electrons. The molecule has 1 heterocycles. The summed E-state index contributed by atoms with van der Waals surface area (Å²) in [4.78, 5) is 27.2. The predicted molar refractivity (Wildman–Crippen MR) is 129 cm³/mol. The van der Waals surface area contributed by atoms with Gasteiger partial charge in [-0.05, 0) is 80.5 Å². The highest BCUT2D eigenvalue weighted by molar-refractivity contribution is 5.82. The molecule has 0 saturated carbocycles. The summed E-state index contributed by atoms with van der Waals surface area (Å²) in [6.07, 6.45) is -5.85. The number of alkyl halides is 6. The van der Waals surface area contributed by atoms with Gasteiger partial charge < -0.3 is 10.5 Å². The number of hydrogen-bond donors (Lipinski definition) is 1. The Kier molecular flexibility index (Phi) is 8.86. The van der Waals surface area contributed by atoms with Crippen LogP contribution in [-0.2, 0) is 21.9 Å². The molecular weight excluding hydrogens is 533 g/mol. The number of allylic oxidation sites excluding steroid dienone is 4. The first-order valence-corrected chi connectivity index (χ1v) is 12.3. The number of nitrogens with zero attached hydrogens (tertiary/aromatic N) is 1. The molecule has 39 heavy (non-hydrogen) atoms. The number of primary amides is 1. The second kappa shape index (κ2) is 11.4. The lowest BCUT2D eigenvalue weighted by molar-refractivity contribution is -0.143. The molecule has 1 aliphatic heterocycles. The molecule has 3 rings (SSSR count). The average molecular weight is 563 g/mol. The van der Waals surface area contributed by atoms with Crippen LogP contribution in [0.4, 0.5) is 35.5 Å². The number of amides is 2. The van der Waals surface area contributed by atoms with E-state index in [9.17, 15) is 40.3 Å². The van der Waals surface area contributed by atoms with E-state index < -0.39 is 76.9 Å². The van der Waals surface area contributed by atoms with Gasteiger partial charge in [-0.25, -0.2) is 9.18 Å². The Hall–Kier alpha value is -3.31. The number of nitrogens with two attached hydrogens (primary N) is 1. The minimum absolute atomic E-state index is 0.0290. The zero-order valence-electron chi connectivity index (χ0n) is 21.4. The molecular formula is C27H29F7N2O3. The zero-order chi connectivity index (χ0) is 29.3. The van der Waals surface area contributed by atoms with Crippen LogP contribution >= 0.6 is 0 Å². The fraction of sp³-hybridized carbons (Fsp3) is 0.481. The van der Waals surface area contributed by atoms with E-state index in [1.165, 1.54) is 11.0 Å². The van der Waals surface area contributed by atoms with Crippen LogP contribution in [0.1, 0.15) is 62.6 Å². The number of hydrogen-bond acceptors (Lipinski definition) is 3. The number of carbonyl (C=O) groups excluding carboxylic acids is 2. The van der Waals surface area contributed by atoms with Gasteiger partial charge in [0.2, 0.25) is 5.91 Å². The van der Waals surface area contributed by atoms with Crippen molar-refractivity contribution in [1.29, 1.82) is 0 Å². The SMILES string of the molecule is CCC(C)OC(=O)N1C2C=CC=C(F)C=C2CC([C@H](C(N)=O)c2cc(C(F)(F)F)cc(C(F)(F)F)c2)C[C@H]1C. The van der Waals surface area contributed by atoms with Gasteiger partial charge in [-0.15, -0.1) is 0 Å². The molecule has 214 valence electrons. The third-order valence-corrected chi connectivity index (χ3v) is 7.00. The van der Waals surface area contributed by atoms with Crippen molar-refractivity contribution in [1.82, 2.24) is 4.90 Å². The molecule has 1 fully saturated rings. The predicted octanol–water partition coefficient (Wildman–Crippen LogP) is 7.05. The van der Waals surface area contributed by atoms with Crippen LogP contribution in [0.2, 0.25) is 0 Å². The van der Waals surface area contributed by atoms with E-state index in [0.29, 0.717) is 24.1 Å². The quantitative estimate of drug-likeness (QED) is 0.391. The number of likely N-dealkylation sites (tertiary alicyclic amines) is 1. The first-order chi connectivity index (χ1) is 18.0. The maximum atomic E-state index is 14.5. The summed E-state index contributed by atoms with van der Waals surface area (Å²) in [6.45, 7) is 5.10. The highest BCUT2D eigenvalue weighted by Crippen LogP contribution is 2.43. The highest BCUT2D eigenvalue weighted by atomic mass is 19.4. The number of fused-ring (bicyclic) bond motifs is 1. The Morgan fingerprint density at radius 1 is 1.10 bits per heavy atom. The fourth-order valence-corrected chi connectivity index (χ4v) is 5.04. The van der Waals surface area contributed by atoms with Gasteiger partial charge in [0, 0.05) is 6.04 Å². The van der Waals surface area contributed by atoms with Crippen LogP contribution in [0.15, 0.2) is 53.9 Å². The smallest absolute Gasteiger partial charge is 0.416 e. The second-order valence-corrected chi connectivity index (χ2v) is 9.88. The van der Waals surface area contributed by atoms with Crippen molar-refractivity contribution >= 4 is 12.0 Å². The molecule has 2 amide bonds. The van der Waals surface area contributed by atoms with Crippen molar-refractivity contribution in [3.05, 3.63) is 70.6 Å². The molecule has 1 aromatic carbocycles. The molecule has 5 nitrogen and oxygen atoms in total. The van der Waals surface area contributed by atoms with Crippen LogP contribution < -0.4 is 5.73 Å². The largest absolute Gasteiger partial charge is 0.446 e. The van der Waals surface area contributed by atoms with Gasteiger partial charge in [0.15, 0.2) is 0 Å². The Labute approximate surface area is 221 Å². The molecule has 1 aromatic rings. The Morgan fingerprint density at radius 3 is 2.21 bits per heavy atom. The van der Waals surface area contributed by atoms with Gasteiger partial charge >= 0.3 is 18.4 Å². The molecule has 2 N–H and O–H groups in total. The van der Waals surface area contributed by atoms with E-state index in [4.69, 9.17) is 10.5 Å². The van der Waals surface area contributed by atoms with Gasteiger partial charge in [-0.3, -0.25) is 9.69 Å². The third-order valence-electron chi connectivity index (χ3n) is 7.00. The van der Waals surface area contributed by atoms with E-state index in [-0.39, 0.29) is 18.9 Å². The van der Waals surface area contributed by atoms with E-state index in [2.05, 4.69) is 0 Å². The van der Waals surface area contributed by atoms with Crippen LogP contribution in [-0.4, -0.2) is 35.1 Å². The molecule has 1 saturated heterocycles. The van der Waals surface area contributed by atoms with Crippen LogP contribution in [0.5, 0.6) is 0 Å². The van der Waals surface area contributed by atoms with E-state index in [1.807, 2.05) is 0 Å². The van der Waals surface area contributed by atoms with Crippen molar-refractivity contribution in [2.24, 2.45) is 11.7 Å². The summed E-state index contributed by atoms with van der Waals surface area (Å²) < 4.78 is 101. The van der Waals surface area contributed by atoms with Crippen LogP contribution in [0.25, 0.3) is 0 Å². The van der Waals surface area contributed by atoms with Crippen molar-refractivity contribution in [2.45, 2.75) is 76.5 Å². The van der Waals surface area contributed by atoms with Gasteiger partial charge in [0.25, 0.3) is 0 Å². The van der Waals surface area contributed by atoms with E-state index in [1.54, 1.807) is 26.8 Å². The van der Waals surface area contributed by atoms with E-state index >= 15 is 0 Å². The maximum Gasteiger partial charge on any atom is 0.416 e. The summed E-state index contributed by atoms with van der Waals surface area (Å²) >= 11 is 0. The lowest BCUT2D eigenvalue weighted by Crippen LogP contribution is -2.46. The molecule has 2 aliphatic rings. The van der Waals surface area contributed by atoms with Gasteiger partial charge in [0.05, 0.1) is 23.1 Å². The van der Waals surface area contributed by atoms with Gasteiger partial charge in [-0.1, -0.05) is 19.1 Å². The number of benzene rings is 1. The van der Waals surface area contributed by atoms with E-state index in [0.717, 1.165) is 12.2 Å². The van der Waals surface area contributed by atoms with Crippen molar-refractivity contribution in [3.63, 3.8) is 0 Å². The highest BCUT2D eigenvalue weighted by Gasteiger charge is 2.43. The first kappa shape index (κ1) is 30.2. The molecule has 12 heteroatoms. The van der Waals surface area contributed by atoms with Crippen LogP contribution in [0, 0.1) is 5.92 Å². The number of ether oxygens (including phenoxy) is 1. The second-order valence-electron chi connectivity index (χ2n) is 9.88. The molecule has 5 atom stereocenters. The molecule has 0 spiro atoms. The number of halogens is 7. The molecule has 1 aliphatic carbocycles. The standard InChI is InChI=1S/C27H29F7N2O3/c1-4-15(3)39-25(38)36-14(2)8-17(9-16-12-21(28)6-5-7-22(16)36)23(24(35)37)18-10-19(26(29,30)31)13-20(11-18)27(32,33)34/h5-7,10-15,17,22-23H,4,8-9H2,1-3H3,(H2,35,37)/t14-,15?,17?,22?,23+/m1/s1. The number of rotatable bonds is 5. The summed E-state index contributed by atoms with van der Waals surface area (Å²) in [5.41, 5.74) is 2.16. The van der Waals surface area contributed by atoms with Gasteiger partial charge in [-0.2, -0.15) is 26.3 Å². The summed E-state index contributed by atoms with van der Waals surface area (Å²) in [7, 11) is 0. The first-order valence-electron chi connectivity index (χ1n) is 12.3. The molecule has 0 aromatic heterocycles. The lowest BCUT2D eigenvalue weighted by atomic mass is 9.77. The Bertz CT molecular complexity index is 1150. The van der Waals surface area contributed by atoms with Gasteiger partial charge in [0.1, 0.15) is 11.9 Å². The molecule has 3 unspecified atom stereocenters. The number of carbonyl (C=O) groups is 2. The maximum absolute atomic E-state index is 14.5. The van der Waals surface area contributed by atoms with Crippen molar-refractivity contribution in [2.75, 3.05) is 0 Å². The third kappa shape index (κ3) is 7.02. The Balaban J connectivity index is 2.15. The zero-order valence-corrected chi connectivity index (χ0v) is 21.4. The topological polar surface area (TPSA) is 72.6 Å². The van der Waals surface area contributed by atoms with Crippen molar-refractivity contribution < 1.29 is 45.1 Å². The average Bonchev–Trinajstić information content (AvgIpc) is 3.05. The minimum atomic E-state index is -5.13. The Morgan fingerprint density at radius 2 is 1.69 bits per heavy atom. The monoisotopic (exact) mass is 562 g/mol. The van der Waals surface area contributed by atoms with Crippen molar-refractivity contribution in [3.8, 4) is 0 Å². The van der Waals surface area contributed by atoms with Crippen LogP contribution in [0.3, 0.4) is 0 Å². The molecule has 0 bridgehead atoms. The summed E-state index contributed by atoms with van der Waals surface area (Å²) in [5.74, 6) is -4.38. The summed E-state index contributed by atoms with van der Waals surface area (Å²) in [6, 6.07) is -0.600. The lowest BCUT2D eigenvalue weighted by Gasteiger charge is -2.34. The fourth-order valence-electron chi connectivity index (χ4n) is 5.04. The minimum Gasteiger partial charge on any atom is -0.446 e. The summed E-state index contributed by atoms with van der Waals surface area (Å²) in [5, 5.41) is 0. The normalized spacial score (nSPS) is 23.5.